The number of nitrogens with one attached hydrogen (secondary N) is 1. The lowest BCUT2D eigenvalue weighted by molar-refractivity contribution is -0.0755. The summed E-state index contributed by atoms with van der Waals surface area (Å²) in [5.41, 5.74) is 0. The van der Waals surface area contributed by atoms with Crippen LogP contribution in [0.1, 0.15) is 26.7 Å². The first-order valence-corrected chi connectivity index (χ1v) is 6.80. The van der Waals surface area contributed by atoms with Crippen molar-refractivity contribution in [1.29, 1.82) is 0 Å². The molecular formula is C13H26N2O2. The highest BCUT2D eigenvalue weighted by atomic mass is 16.5. The van der Waals surface area contributed by atoms with Crippen molar-refractivity contribution in [3.8, 4) is 0 Å². The standard InChI is InChI=1S/C13H26N2O2/c1-10-8-17-11(2)7-15(10)13(9-16-3)6-14-12-4-5-12/h10-14H,4-9H2,1-3H3. The van der Waals surface area contributed by atoms with Crippen molar-refractivity contribution < 1.29 is 9.47 Å². The smallest absolute Gasteiger partial charge is 0.0674 e. The molecule has 0 aromatic heterocycles. The van der Waals surface area contributed by atoms with Crippen molar-refractivity contribution in [2.24, 2.45) is 0 Å². The topological polar surface area (TPSA) is 33.7 Å². The fraction of sp³-hybridized carbons (Fsp3) is 1.00. The van der Waals surface area contributed by atoms with E-state index in [1.165, 1.54) is 12.8 Å². The van der Waals surface area contributed by atoms with E-state index in [0.717, 1.165) is 32.3 Å². The van der Waals surface area contributed by atoms with Crippen molar-refractivity contribution >= 4 is 0 Å². The highest BCUT2D eigenvalue weighted by molar-refractivity contribution is 4.87. The normalized spacial score (nSPS) is 32.6. The van der Waals surface area contributed by atoms with Gasteiger partial charge in [-0.3, -0.25) is 4.90 Å². The van der Waals surface area contributed by atoms with Crippen LogP contribution in [-0.2, 0) is 9.47 Å². The molecule has 4 heteroatoms. The molecular weight excluding hydrogens is 216 g/mol. The summed E-state index contributed by atoms with van der Waals surface area (Å²) in [4.78, 5) is 2.53. The van der Waals surface area contributed by atoms with Gasteiger partial charge in [-0.2, -0.15) is 0 Å². The zero-order valence-corrected chi connectivity index (χ0v) is 11.3. The van der Waals surface area contributed by atoms with Crippen molar-refractivity contribution in [3.63, 3.8) is 0 Å². The largest absolute Gasteiger partial charge is 0.383 e. The van der Waals surface area contributed by atoms with E-state index in [9.17, 15) is 0 Å². The quantitative estimate of drug-likeness (QED) is 0.749. The van der Waals surface area contributed by atoms with Gasteiger partial charge in [-0.25, -0.2) is 0 Å². The molecule has 4 nitrogen and oxygen atoms in total. The van der Waals surface area contributed by atoms with Crippen LogP contribution in [0.15, 0.2) is 0 Å². The van der Waals surface area contributed by atoms with Crippen LogP contribution >= 0.6 is 0 Å². The summed E-state index contributed by atoms with van der Waals surface area (Å²) >= 11 is 0. The summed E-state index contributed by atoms with van der Waals surface area (Å²) in [7, 11) is 1.79. The van der Waals surface area contributed by atoms with E-state index >= 15 is 0 Å². The molecule has 2 aliphatic rings. The lowest BCUT2D eigenvalue weighted by atomic mass is 10.1. The fourth-order valence-electron chi connectivity index (χ4n) is 2.49. The Morgan fingerprint density at radius 2 is 2.18 bits per heavy atom. The number of rotatable bonds is 6. The van der Waals surface area contributed by atoms with E-state index in [0.29, 0.717) is 18.2 Å². The maximum Gasteiger partial charge on any atom is 0.0674 e. The van der Waals surface area contributed by atoms with Gasteiger partial charge >= 0.3 is 0 Å². The van der Waals surface area contributed by atoms with Gasteiger partial charge in [0.1, 0.15) is 0 Å². The van der Waals surface area contributed by atoms with Gasteiger partial charge in [-0.15, -0.1) is 0 Å². The maximum atomic E-state index is 5.68. The Balaban J connectivity index is 1.86. The molecule has 0 aromatic carbocycles. The Morgan fingerprint density at radius 1 is 1.41 bits per heavy atom. The summed E-state index contributed by atoms with van der Waals surface area (Å²) in [6, 6.07) is 1.73. The Hall–Kier alpha value is -0.160. The number of nitrogens with zero attached hydrogens (tertiary/aromatic N) is 1. The number of hydrogen-bond donors (Lipinski definition) is 1. The van der Waals surface area contributed by atoms with Crippen LogP contribution in [0.4, 0.5) is 0 Å². The van der Waals surface area contributed by atoms with Crippen LogP contribution in [0, 0.1) is 0 Å². The maximum absolute atomic E-state index is 5.68. The lowest BCUT2D eigenvalue weighted by Gasteiger charge is -2.41. The minimum atomic E-state index is 0.339. The number of methoxy groups -OCH3 is 1. The summed E-state index contributed by atoms with van der Waals surface area (Å²) in [5.74, 6) is 0. The van der Waals surface area contributed by atoms with Crippen molar-refractivity contribution in [1.82, 2.24) is 10.2 Å². The number of morpholine rings is 1. The monoisotopic (exact) mass is 242 g/mol. The van der Waals surface area contributed by atoms with Gasteiger partial charge in [0.15, 0.2) is 0 Å². The first-order chi connectivity index (χ1) is 8.20. The molecule has 100 valence electrons. The zero-order valence-electron chi connectivity index (χ0n) is 11.3. The summed E-state index contributed by atoms with van der Waals surface area (Å²) in [5, 5.41) is 3.61. The molecule has 3 unspecified atom stereocenters. The fourth-order valence-corrected chi connectivity index (χ4v) is 2.49. The van der Waals surface area contributed by atoms with Gasteiger partial charge in [-0.05, 0) is 26.7 Å². The minimum Gasteiger partial charge on any atom is -0.383 e. The molecule has 1 N–H and O–H groups in total. The third kappa shape index (κ3) is 3.91. The molecule has 2 fully saturated rings. The summed E-state index contributed by atoms with van der Waals surface area (Å²) in [6.45, 7) is 8.08. The van der Waals surface area contributed by atoms with Crippen LogP contribution in [0.3, 0.4) is 0 Å². The Morgan fingerprint density at radius 3 is 2.82 bits per heavy atom. The van der Waals surface area contributed by atoms with Crippen LogP contribution in [0.5, 0.6) is 0 Å². The molecule has 1 saturated heterocycles. The predicted octanol–water partition coefficient (Wildman–Crippen LogP) is 0.863. The van der Waals surface area contributed by atoms with Crippen LogP contribution in [0.25, 0.3) is 0 Å². The molecule has 0 radical (unpaired) electrons. The van der Waals surface area contributed by atoms with E-state index < -0.39 is 0 Å². The van der Waals surface area contributed by atoms with Crippen molar-refractivity contribution in [2.45, 2.75) is 50.9 Å². The van der Waals surface area contributed by atoms with Crippen LogP contribution in [0.2, 0.25) is 0 Å². The van der Waals surface area contributed by atoms with Gasteiger partial charge in [0.05, 0.1) is 19.3 Å². The molecule has 1 aliphatic heterocycles. The average molecular weight is 242 g/mol. The second-order valence-corrected chi connectivity index (χ2v) is 5.48. The zero-order chi connectivity index (χ0) is 12.3. The first kappa shape index (κ1) is 13.3. The van der Waals surface area contributed by atoms with E-state index in [1.54, 1.807) is 7.11 Å². The molecule has 0 spiro atoms. The van der Waals surface area contributed by atoms with E-state index in [4.69, 9.17) is 9.47 Å². The molecule has 0 aromatic rings. The van der Waals surface area contributed by atoms with Gasteiger partial charge in [0.2, 0.25) is 0 Å². The van der Waals surface area contributed by atoms with Gasteiger partial charge < -0.3 is 14.8 Å². The first-order valence-electron chi connectivity index (χ1n) is 6.80. The average Bonchev–Trinajstić information content (AvgIpc) is 3.12. The Kier molecular flexibility index (Phi) is 4.79. The van der Waals surface area contributed by atoms with E-state index in [2.05, 4.69) is 24.1 Å². The van der Waals surface area contributed by atoms with Crippen LogP contribution < -0.4 is 5.32 Å². The second-order valence-electron chi connectivity index (χ2n) is 5.48. The highest BCUT2D eigenvalue weighted by Gasteiger charge is 2.31. The predicted molar refractivity (Wildman–Crippen MR) is 68.3 cm³/mol. The van der Waals surface area contributed by atoms with Gasteiger partial charge in [0.25, 0.3) is 0 Å². The van der Waals surface area contributed by atoms with Crippen molar-refractivity contribution in [3.05, 3.63) is 0 Å². The molecule has 17 heavy (non-hydrogen) atoms. The third-order valence-electron chi connectivity index (χ3n) is 3.70. The van der Waals surface area contributed by atoms with E-state index in [1.807, 2.05) is 0 Å². The third-order valence-corrected chi connectivity index (χ3v) is 3.70. The molecule has 2 rings (SSSR count). The second kappa shape index (κ2) is 6.14. The van der Waals surface area contributed by atoms with E-state index in [-0.39, 0.29) is 0 Å². The number of hydrogen-bond acceptors (Lipinski definition) is 4. The Bertz CT molecular complexity index is 233. The molecule has 3 atom stereocenters. The molecule has 1 heterocycles. The highest BCUT2D eigenvalue weighted by Crippen LogP contribution is 2.20. The molecule has 0 bridgehead atoms. The summed E-state index contributed by atoms with van der Waals surface area (Å²) in [6.07, 6.45) is 3.02. The minimum absolute atomic E-state index is 0.339. The summed E-state index contributed by atoms with van der Waals surface area (Å²) < 4.78 is 11.1. The molecule has 0 amide bonds. The molecule has 1 saturated carbocycles. The lowest BCUT2D eigenvalue weighted by Crippen LogP contribution is -2.56. The number of ether oxygens (including phenoxy) is 2. The van der Waals surface area contributed by atoms with Gasteiger partial charge in [-0.1, -0.05) is 0 Å². The van der Waals surface area contributed by atoms with Gasteiger partial charge in [0, 0.05) is 38.3 Å². The van der Waals surface area contributed by atoms with Crippen LogP contribution in [-0.4, -0.2) is 62.5 Å². The Labute approximate surface area is 105 Å². The molecule has 1 aliphatic carbocycles. The SMILES string of the molecule is COCC(CNC1CC1)N1CC(C)OCC1C. The van der Waals surface area contributed by atoms with Crippen molar-refractivity contribution in [2.75, 3.05) is 33.4 Å².